The Labute approximate surface area is 101 Å². The van der Waals surface area contributed by atoms with Crippen LogP contribution >= 0.6 is 0 Å². The van der Waals surface area contributed by atoms with Crippen LogP contribution in [0.2, 0.25) is 0 Å². The van der Waals surface area contributed by atoms with Crippen LogP contribution in [0.3, 0.4) is 0 Å². The van der Waals surface area contributed by atoms with Gasteiger partial charge in [0.1, 0.15) is 10.5 Å². The molecule has 1 heterocycles. The summed E-state index contributed by atoms with van der Waals surface area (Å²) in [5, 5.41) is 0. The van der Waals surface area contributed by atoms with Crippen molar-refractivity contribution >= 4 is 17.6 Å². The van der Waals surface area contributed by atoms with Gasteiger partial charge in [0.15, 0.2) is 0 Å². The Bertz CT molecular complexity index is 298. The summed E-state index contributed by atoms with van der Waals surface area (Å²) in [7, 11) is 0.628. The second-order valence-corrected chi connectivity index (χ2v) is 6.14. The molecule has 0 spiro atoms. The van der Waals surface area contributed by atoms with Crippen LogP contribution < -0.4 is 0 Å². The lowest BCUT2D eigenvalue weighted by molar-refractivity contribution is 0.00578. The molecule has 0 aromatic carbocycles. The molecule has 0 N–H and O–H groups in total. The summed E-state index contributed by atoms with van der Waals surface area (Å²) in [6.45, 7) is 8.35. The van der Waals surface area contributed by atoms with Crippen LogP contribution in [0.15, 0.2) is 11.5 Å². The first-order valence-corrected chi connectivity index (χ1v) is 6.75. The van der Waals surface area contributed by atoms with E-state index in [0.717, 1.165) is 23.3 Å². The van der Waals surface area contributed by atoms with Crippen LogP contribution in [0.25, 0.3) is 0 Å². The maximum Gasteiger partial charge on any atom is 0.490 e. The molecule has 1 fully saturated rings. The van der Waals surface area contributed by atoms with Crippen LogP contribution in [0.4, 0.5) is 0 Å². The molecule has 90 valence electrons. The van der Waals surface area contributed by atoms with E-state index in [1.54, 1.807) is 0 Å². The van der Waals surface area contributed by atoms with Crippen LogP contribution in [-0.2, 0) is 13.7 Å². The largest absolute Gasteiger partial charge is 0.490 e. The summed E-state index contributed by atoms with van der Waals surface area (Å²) >= 11 is 0. The van der Waals surface area contributed by atoms with Crippen molar-refractivity contribution in [2.24, 2.45) is 0 Å². The lowest BCUT2D eigenvalue weighted by Gasteiger charge is -2.32. The summed E-state index contributed by atoms with van der Waals surface area (Å²) in [6.07, 6.45) is 4.54. The zero-order valence-electron chi connectivity index (χ0n) is 10.9. The molecule has 0 aromatic heterocycles. The lowest BCUT2D eigenvalue weighted by Crippen LogP contribution is -2.41. The van der Waals surface area contributed by atoms with Crippen molar-refractivity contribution in [1.29, 1.82) is 0 Å². The number of hydrogen-bond donors (Lipinski definition) is 0. The van der Waals surface area contributed by atoms with E-state index in [9.17, 15) is 0 Å². The summed E-state index contributed by atoms with van der Waals surface area (Å²) in [5.41, 5.74) is 0.774. The molecule has 2 aliphatic rings. The van der Waals surface area contributed by atoms with Crippen molar-refractivity contribution in [3.05, 3.63) is 11.5 Å². The van der Waals surface area contributed by atoms with Crippen molar-refractivity contribution < 1.29 is 13.7 Å². The minimum Gasteiger partial charge on any atom is -0.424 e. The van der Waals surface area contributed by atoms with Gasteiger partial charge in [-0.3, -0.25) is 0 Å². The Hall–Kier alpha value is -0.0982. The van der Waals surface area contributed by atoms with Gasteiger partial charge in [-0.1, -0.05) is 6.08 Å². The van der Waals surface area contributed by atoms with Gasteiger partial charge >= 0.3 is 7.12 Å². The highest BCUT2D eigenvalue weighted by Gasteiger charge is 2.52. The molecule has 0 radical (unpaired) electrons. The molecule has 0 amide bonds. The van der Waals surface area contributed by atoms with Crippen molar-refractivity contribution in [1.82, 2.24) is 0 Å². The molecule has 1 unspecified atom stereocenters. The number of rotatable bonds is 2. The Kier molecular flexibility index (Phi) is 3.07. The van der Waals surface area contributed by atoms with E-state index in [1.165, 1.54) is 5.47 Å². The third-order valence-electron chi connectivity index (χ3n) is 4.00. The predicted octanol–water partition coefficient (Wildman–Crippen LogP) is 1.00. The maximum absolute atomic E-state index is 6.01. The van der Waals surface area contributed by atoms with Crippen LogP contribution in [0.5, 0.6) is 0 Å². The maximum atomic E-state index is 6.01. The fraction of sp³-hybridized carbons (Fsp3) is 0.818. The van der Waals surface area contributed by atoms with Crippen LogP contribution in [0.1, 0.15) is 40.5 Å². The molecule has 3 nitrogen and oxygen atoms in total. The minimum absolute atomic E-state index is 0.174. The first kappa shape index (κ1) is 12.4. The summed E-state index contributed by atoms with van der Waals surface area (Å²) in [4.78, 5) is 0. The van der Waals surface area contributed by atoms with Gasteiger partial charge in [0.05, 0.1) is 17.3 Å². The van der Waals surface area contributed by atoms with E-state index in [4.69, 9.17) is 13.7 Å². The van der Waals surface area contributed by atoms with E-state index in [-0.39, 0.29) is 18.3 Å². The van der Waals surface area contributed by atoms with E-state index in [0.29, 0.717) is 6.10 Å². The highest BCUT2D eigenvalue weighted by Crippen LogP contribution is 2.40. The first-order chi connectivity index (χ1) is 7.36. The van der Waals surface area contributed by atoms with Gasteiger partial charge in [-0.15, -0.1) is 0 Å². The zero-order chi connectivity index (χ0) is 12.0. The minimum atomic E-state index is -0.238. The van der Waals surface area contributed by atoms with Gasteiger partial charge in [-0.25, -0.2) is 0 Å². The third kappa shape index (κ3) is 2.01. The van der Waals surface area contributed by atoms with E-state index in [1.807, 2.05) is 0 Å². The summed E-state index contributed by atoms with van der Waals surface area (Å²) in [6, 6.07) is 0. The normalized spacial score (nSPS) is 32.1. The topological polar surface area (TPSA) is 27.7 Å². The fourth-order valence-electron chi connectivity index (χ4n) is 2.08. The average molecular weight is 240 g/mol. The molecule has 1 saturated heterocycles. The molecule has 0 saturated carbocycles. The van der Waals surface area contributed by atoms with Crippen molar-refractivity contribution in [3.8, 4) is 0 Å². The van der Waals surface area contributed by atoms with E-state index in [2.05, 4.69) is 33.8 Å². The lowest BCUT2D eigenvalue weighted by atomic mass is 9.77. The van der Waals surface area contributed by atoms with Gasteiger partial charge in [-0.05, 0) is 46.0 Å². The Morgan fingerprint density at radius 2 is 1.88 bits per heavy atom. The molecule has 2 rings (SSSR count). The fourth-order valence-corrected chi connectivity index (χ4v) is 2.44. The second kappa shape index (κ2) is 3.98. The van der Waals surface area contributed by atoms with Gasteiger partial charge in [-0.2, -0.15) is 0 Å². The molecule has 1 aliphatic heterocycles. The Morgan fingerprint density at radius 3 is 2.31 bits per heavy atom. The van der Waals surface area contributed by atoms with Crippen LogP contribution in [0, 0.1) is 0 Å². The molecule has 1 aliphatic carbocycles. The molecular weight excluding hydrogens is 219 g/mol. The van der Waals surface area contributed by atoms with Crippen LogP contribution in [-0.4, -0.2) is 34.9 Å². The standard InChI is InChI=1S/C11H21BO3Si/c1-10(2)11(3,4)15-12(14-10)8-5-6-9(7-8)13-16/h5,9H,6-7H2,1-4,16H3. The predicted molar refractivity (Wildman–Crippen MR) is 68.2 cm³/mol. The van der Waals surface area contributed by atoms with E-state index < -0.39 is 0 Å². The van der Waals surface area contributed by atoms with Crippen molar-refractivity contribution in [3.63, 3.8) is 0 Å². The molecule has 0 aromatic rings. The van der Waals surface area contributed by atoms with Gasteiger partial charge in [0.2, 0.25) is 0 Å². The van der Waals surface area contributed by atoms with Gasteiger partial charge in [0.25, 0.3) is 0 Å². The zero-order valence-corrected chi connectivity index (χ0v) is 12.9. The molecule has 5 heteroatoms. The molecule has 1 atom stereocenters. The highest BCUT2D eigenvalue weighted by atomic mass is 28.2. The average Bonchev–Trinajstić information content (AvgIpc) is 2.70. The van der Waals surface area contributed by atoms with Crippen molar-refractivity contribution in [2.45, 2.75) is 57.8 Å². The van der Waals surface area contributed by atoms with Gasteiger partial charge < -0.3 is 13.7 Å². The first-order valence-electron chi connectivity index (χ1n) is 5.93. The summed E-state index contributed by atoms with van der Waals surface area (Å²) in [5.74, 6) is 0. The second-order valence-electron chi connectivity index (χ2n) is 5.66. The SMILES string of the molecule is CC1(C)OB(C2=CCC(O[SiH3])C2)OC1(C)C. The smallest absolute Gasteiger partial charge is 0.424 e. The van der Waals surface area contributed by atoms with Crippen molar-refractivity contribution in [2.75, 3.05) is 0 Å². The van der Waals surface area contributed by atoms with Gasteiger partial charge in [0, 0.05) is 0 Å². The van der Waals surface area contributed by atoms with E-state index >= 15 is 0 Å². The highest BCUT2D eigenvalue weighted by molar-refractivity contribution is 6.54. The third-order valence-corrected chi connectivity index (χ3v) is 4.66. The Morgan fingerprint density at radius 1 is 1.31 bits per heavy atom. The number of hydrogen-bond acceptors (Lipinski definition) is 3. The quantitative estimate of drug-likeness (QED) is 0.674. The molecule has 0 bridgehead atoms. The Balaban J connectivity index is 2.05. The summed E-state index contributed by atoms with van der Waals surface area (Å²) < 4.78 is 17.5. The molecular formula is C11H21BO3Si. The monoisotopic (exact) mass is 240 g/mol. The molecule has 16 heavy (non-hydrogen) atoms.